The first-order chi connectivity index (χ1) is 13.4. The van der Waals surface area contributed by atoms with E-state index in [2.05, 4.69) is 29.8 Å². The van der Waals surface area contributed by atoms with Crippen LogP contribution in [0.3, 0.4) is 0 Å². The number of pyridine rings is 1. The van der Waals surface area contributed by atoms with Gasteiger partial charge in [-0.25, -0.2) is 14.2 Å². The molecule has 1 aliphatic rings. The number of aromatic nitrogens is 6. The Balaban J connectivity index is 1.55. The third kappa shape index (κ3) is 3.60. The molecular formula is C17H20ClF2N7O. The van der Waals surface area contributed by atoms with Crippen LogP contribution in [0.15, 0.2) is 6.07 Å². The van der Waals surface area contributed by atoms with E-state index in [0.29, 0.717) is 30.2 Å². The molecule has 4 heterocycles. The van der Waals surface area contributed by atoms with E-state index in [-0.39, 0.29) is 16.4 Å². The van der Waals surface area contributed by atoms with Crippen LogP contribution in [-0.2, 0) is 19.9 Å². The second kappa shape index (κ2) is 7.50. The molecule has 11 heteroatoms. The van der Waals surface area contributed by atoms with Crippen molar-refractivity contribution < 1.29 is 13.5 Å². The SMILES string of the molecule is Cc1c(Cl)cc(OC(F)F)c2nc(CCc3nc(N4CCCC4)n(C)n3)nn12. The van der Waals surface area contributed by atoms with Crippen molar-refractivity contribution in [2.75, 3.05) is 18.0 Å². The monoisotopic (exact) mass is 411 g/mol. The van der Waals surface area contributed by atoms with E-state index in [9.17, 15) is 8.78 Å². The van der Waals surface area contributed by atoms with E-state index in [0.717, 1.165) is 31.9 Å². The van der Waals surface area contributed by atoms with Crippen LogP contribution in [0.4, 0.5) is 14.7 Å². The molecule has 1 fully saturated rings. The highest BCUT2D eigenvalue weighted by Crippen LogP contribution is 2.28. The topological polar surface area (TPSA) is 73.4 Å². The van der Waals surface area contributed by atoms with Crippen molar-refractivity contribution in [3.63, 3.8) is 0 Å². The lowest BCUT2D eigenvalue weighted by Gasteiger charge is -2.14. The smallest absolute Gasteiger partial charge is 0.387 e. The van der Waals surface area contributed by atoms with Gasteiger partial charge in [-0.05, 0) is 19.8 Å². The summed E-state index contributed by atoms with van der Waals surface area (Å²) in [6, 6.07) is 1.33. The van der Waals surface area contributed by atoms with Crippen LogP contribution in [0.2, 0.25) is 5.02 Å². The van der Waals surface area contributed by atoms with Crippen LogP contribution < -0.4 is 9.64 Å². The van der Waals surface area contributed by atoms with Gasteiger partial charge in [0.2, 0.25) is 5.95 Å². The fourth-order valence-electron chi connectivity index (χ4n) is 3.37. The first-order valence-electron chi connectivity index (χ1n) is 9.07. The molecule has 0 radical (unpaired) electrons. The summed E-state index contributed by atoms with van der Waals surface area (Å²) in [6.07, 6.45) is 3.34. The zero-order valence-electron chi connectivity index (χ0n) is 15.6. The van der Waals surface area contributed by atoms with Crippen LogP contribution in [0.25, 0.3) is 5.65 Å². The number of anilines is 1. The minimum Gasteiger partial charge on any atom is -0.431 e. The number of halogens is 3. The molecule has 0 amide bonds. The Bertz CT molecular complexity index is 997. The molecule has 4 rings (SSSR count). The van der Waals surface area contributed by atoms with Gasteiger partial charge in [-0.3, -0.25) is 0 Å². The average molecular weight is 412 g/mol. The van der Waals surface area contributed by atoms with E-state index in [4.69, 9.17) is 11.6 Å². The minimum absolute atomic E-state index is 0.100. The van der Waals surface area contributed by atoms with Gasteiger partial charge in [0, 0.05) is 39.0 Å². The molecule has 0 bridgehead atoms. The summed E-state index contributed by atoms with van der Waals surface area (Å²) in [7, 11) is 1.88. The number of rotatable bonds is 6. The molecule has 1 aliphatic heterocycles. The fourth-order valence-corrected chi connectivity index (χ4v) is 3.55. The van der Waals surface area contributed by atoms with Gasteiger partial charge in [-0.15, -0.1) is 0 Å². The number of aryl methyl sites for hydroxylation is 4. The van der Waals surface area contributed by atoms with Gasteiger partial charge in [-0.1, -0.05) is 11.6 Å². The molecule has 1 saturated heterocycles. The number of fused-ring (bicyclic) bond motifs is 1. The zero-order chi connectivity index (χ0) is 19.8. The largest absolute Gasteiger partial charge is 0.431 e. The third-order valence-electron chi connectivity index (χ3n) is 4.75. The molecule has 0 N–H and O–H groups in total. The standard InChI is InChI=1S/C17H20ClF2N7O/c1-10-11(18)9-12(28-16(19)20)15-21-13(24-27(10)15)5-6-14-22-17(25(2)23-14)26-7-3-4-8-26/h9,16H,3-8H2,1-2H3. The first kappa shape index (κ1) is 18.9. The summed E-state index contributed by atoms with van der Waals surface area (Å²) >= 11 is 6.10. The van der Waals surface area contributed by atoms with Crippen LogP contribution >= 0.6 is 11.6 Å². The molecule has 28 heavy (non-hydrogen) atoms. The van der Waals surface area contributed by atoms with Gasteiger partial charge in [-0.2, -0.15) is 24.0 Å². The molecule has 0 aliphatic carbocycles. The lowest BCUT2D eigenvalue weighted by molar-refractivity contribution is -0.0491. The lowest BCUT2D eigenvalue weighted by Crippen LogP contribution is -2.21. The normalized spacial score (nSPS) is 14.6. The van der Waals surface area contributed by atoms with Gasteiger partial charge >= 0.3 is 6.61 Å². The van der Waals surface area contributed by atoms with Gasteiger partial charge in [0.05, 0.1) is 10.7 Å². The van der Waals surface area contributed by atoms with Crippen molar-refractivity contribution >= 4 is 23.2 Å². The Hall–Kier alpha value is -2.49. The Morgan fingerprint density at radius 2 is 1.82 bits per heavy atom. The molecule has 3 aromatic rings. The Morgan fingerprint density at radius 1 is 1.14 bits per heavy atom. The lowest BCUT2D eigenvalue weighted by atomic mass is 10.3. The summed E-state index contributed by atoms with van der Waals surface area (Å²) in [6.45, 7) is 0.757. The van der Waals surface area contributed by atoms with Crippen LogP contribution in [-0.4, -0.2) is 49.1 Å². The van der Waals surface area contributed by atoms with Gasteiger partial charge < -0.3 is 9.64 Å². The number of nitrogens with zero attached hydrogens (tertiary/aromatic N) is 7. The summed E-state index contributed by atoms with van der Waals surface area (Å²) in [4.78, 5) is 11.2. The maximum atomic E-state index is 12.7. The second-order valence-electron chi connectivity index (χ2n) is 6.73. The van der Waals surface area contributed by atoms with Crippen molar-refractivity contribution in [3.8, 4) is 5.75 Å². The van der Waals surface area contributed by atoms with E-state index in [1.165, 1.54) is 10.6 Å². The molecule has 0 spiro atoms. The Kier molecular flexibility index (Phi) is 5.05. The molecule has 0 aromatic carbocycles. The molecule has 0 saturated carbocycles. The average Bonchev–Trinajstić information content (AvgIpc) is 3.36. The van der Waals surface area contributed by atoms with Crippen molar-refractivity contribution in [1.29, 1.82) is 0 Å². The van der Waals surface area contributed by atoms with Crippen LogP contribution in [0, 0.1) is 6.92 Å². The van der Waals surface area contributed by atoms with Crippen molar-refractivity contribution in [3.05, 3.63) is 28.4 Å². The zero-order valence-corrected chi connectivity index (χ0v) is 16.3. The summed E-state index contributed by atoms with van der Waals surface area (Å²) in [5.41, 5.74) is 0.813. The molecule has 0 unspecified atom stereocenters. The van der Waals surface area contributed by atoms with E-state index in [1.54, 1.807) is 11.6 Å². The number of hydrogen-bond donors (Lipinski definition) is 0. The Morgan fingerprint density at radius 3 is 2.50 bits per heavy atom. The fraction of sp³-hybridized carbons (Fsp3) is 0.529. The van der Waals surface area contributed by atoms with Gasteiger partial charge in [0.1, 0.15) is 0 Å². The molecule has 8 nitrogen and oxygen atoms in total. The van der Waals surface area contributed by atoms with E-state index < -0.39 is 6.61 Å². The number of ether oxygens (including phenoxy) is 1. The van der Waals surface area contributed by atoms with Crippen LogP contribution in [0.5, 0.6) is 5.75 Å². The summed E-state index contributed by atoms with van der Waals surface area (Å²) in [5, 5.41) is 9.13. The maximum absolute atomic E-state index is 12.7. The highest BCUT2D eigenvalue weighted by Gasteiger charge is 2.20. The van der Waals surface area contributed by atoms with E-state index in [1.807, 2.05) is 7.05 Å². The van der Waals surface area contributed by atoms with Crippen molar-refractivity contribution in [2.24, 2.45) is 7.05 Å². The second-order valence-corrected chi connectivity index (χ2v) is 7.14. The molecule has 3 aromatic heterocycles. The van der Waals surface area contributed by atoms with Gasteiger partial charge in [0.15, 0.2) is 23.0 Å². The highest BCUT2D eigenvalue weighted by molar-refractivity contribution is 6.31. The predicted molar refractivity (Wildman–Crippen MR) is 99.2 cm³/mol. The summed E-state index contributed by atoms with van der Waals surface area (Å²) < 4.78 is 33.1. The summed E-state index contributed by atoms with van der Waals surface area (Å²) in [5.74, 6) is 1.95. The number of alkyl halides is 2. The quantitative estimate of drug-likeness (QED) is 0.621. The highest BCUT2D eigenvalue weighted by atomic mass is 35.5. The maximum Gasteiger partial charge on any atom is 0.387 e. The number of hydrogen-bond acceptors (Lipinski definition) is 6. The van der Waals surface area contributed by atoms with Gasteiger partial charge in [0.25, 0.3) is 0 Å². The predicted octanol–water partition coefficient (Wildman–Crippen LogP) is 2.81. The molecule has 0 atom stereocenters. The van der Waals surface area contributed by atoms with Crippen molar-refractivity contribution in [1.82, 2.24) is 29.4 Å². The van der Waals surface area contributed by atoms with Crippen molar-refractivity contribution in [2.45, 2.75) is 39.2 Å². The first-order valence-corrected chi connectivity index (χ1v) is 9.44. The van der Waals surface area contributed by atoms with Crippen LogP contribution in [0.1, 0.15) is 30.2 Å². The van der Waals surface area contributed by atoms with E-state index >= 15 is 0 Å². The third-order valence-corrected chi connectivity index (χ3v) is 5.14. The minimum atomic E-state index is -2.97. The molecular weight excluding hydrogens is 392 g/mol. The Labute approximate surface area is 165 Å². The molecule has 150 valence electrons.